The maximum absolute atomic E-state index is 11.0. The van der Waals surface area contributed by atoms with E-state index in [4.69, 9.17) is 9.47 Å². The van der Waals surface area contributed by atoms with Crippen LogP contribution >= 0.6 is 11.8 Å². The minimum Gasteiger partial charge on any atom is -0.495 e. The zero-order chi connectivity index (χ0) is 18.4. The molecule has 26 heavy (non-hydrogen) atoms. The van der Waals surface area contributed by atoms with Gasteiger partial charge in [0, 0.05) is 11.8 Å². The Morgan fingerprint density at radius 1 is 1.15 bits per heavy atom. The number of nitro benzene ring substituents is 1. The van der Waals surface area contributed by atoms with Gasteiger partial charge in [0.15, 0.2) is 10.9 Å². The van der Waals surface area contributed by atoms with Crippen molar-refractivity contribution in [1.82, 2.24) is 14.8 Å². The number of rotatable bonds is 8. The van der Waals surface area contributed by atoms with Gasteiger partial charge in [0.25, 0.3) is 0 Å². The second-order valence-corrected chi connectivity index (χ2v) is 6.14. The Morgan fingerprint density at radius 2 is 1.88 bits per heavy atom. The third kappa shape index (κ3) is 3.94. The van der Waals surface area contributed by atoms with Crippen molar-refractivity contribution in [1.29, 1.82) is 0 Å². The highest BCUT2D eigenvalue weighted by Crippen LogP contribution is 2.28. The molecule has 0 N–H and O–H groups in total. The number of hydrogen-bond donors (Lipinski definition) is 0. The van der Waals surface area contributed by atoms with Gasteiger partial charge in [-0.15, -0.1) is 10.2 Å². The minimum atomic E-state index is -0.458. The number of hydrogen-bond acceptors (Lipinski definition) is 7. The first-order valence-corrected chi connectivity index (χ1v) is 8.71. The van der Waals surface area contributed by atoms with Crippen LogP contribution in [0.2, 0.25) is 0 Å². The summed E-state index contributed by atoms with van der Waals surface area (Å²) >= 11 is 1.44. The zero-order valence-electron chi connectivity index (χ0n) is 13.9. The summed E-state index contributed by atoms with van der Waals surface area (Å²) in [5.41, 5.74) is 0.789. The molecule has 0 aliphatic carbocycles. The van der Waals surface area contributed by atoms with Gasteiger partial charge in [-0.25, -0.2) is 0 Å². The first-order chi connectivity index (χ1) is 12.7. The second-order valence-electron chi connectivity index (χ2n) is 5.08. The molecular formula is C17H16N4O4S. The van der Waals surface area contributed by atoms with E-state index in [1.807, 2.05) is 28.8 Å². The van der Waals surface area contributed by atoms with E-state index < -0.39 is 4.92 Å². The van der Waals surface area contributed by atoms with Crippen LogP contribution in [0.25, 0.3) is 5.69 Å². The minimum absolute atomic E-state index is 0.0466. The highest BCUT2D eigenvalue weighted by atomic mass is 32.2. The van der Waals surface area contributed by atoms with Crippen molar-refractivity contribution in [3.05, 3.63) is 65.0 Å². The quantitative estimate of drug-likeness (QED) is 0.259. The summed E-state index contributed by atoms with van der Waals surface area (Å²) in [5.74, 6) is 1.52. The van der Waals surface area contributed by atoms with Gasteiger partial charge in [-0.2, -0.15) is 0 Å². The van der Waals surface area contributed by atoms with Gasteiger partial charge in [0.05, 0.1) is 24.3 Å². The van der Waals surface area contributed by atoms with E-state index in [1.54, 1.807) is 31.6 Å². The molecule has 0 aliphatic rings. The lowest BCUT2D eigenvalue weighted by molar-refractivity contribution is -0.385. The van der Waals surface area contributed by atoms with Crippen LogP contribution in [0.4, 0.5) is 5.69 Å². The number of nitro groups is 1. The number of para-hydroxylation sites is 4. The van der Waals surface area contributed by atoms with E-state index in [1.165, 1.54) is 17.8 Å². The van der Waals surface area contributed by atoms with Gasteiger partial charge < -0.3 is 9.47 Å². The van der Waals surface area contributed by atoms with Crippen molar-refractivity contribution in [3.63, 3.8) is 0 Å². The molecule has 0 bridgehead atoms. The fourth-order valence-corrected chi connectivity index (χ4v) is 3.07. The highest BCUT2D eigenvalue weighted by molar-refractivity contribution is 7.99. The van der Waals surface area contributed by atoms with Crippen LogP contribution in [0.15, 0.2) is 60.0 Å². The van der Waals surface area contributed by atoms with E-state index >= 15 is 0 Å². The lowest BCUT2D eigenvalue weighted by atomic mass is 10.3. The van der Waals surface area contributed by atoms with Crippen LogP contribution in [0.5, 0.6) is 11.5 Å². The summed E-state index contributed by atoms with van der Waals surface area (Å²) in [5, 5.41) is 19.7. The monoisotopic (exact) mass is 372 g/mol. The number of thioether (sulfide) groups is 1. The van der Waals surface area contributed by atoms with E-state index in [-0.39, 0.29) is 11.4 Å². The molecule has 0 saturated heterocycles. The molecule has 1 heterocycles. The average molecular weight is 372 g/mol. The van der Waals surface area contributed by atoms with E-state index in [0.717, 1.165) is 5.69 Å². The van der Waals surface area contributed by atoms with E-state index in [9.17, 15) is 10.1 Å². The molecule has 8 nitrogen and oxygen atoms in total. The molecule has 2 aromatic carbocycles. The zero-order valence-corrected chi connectivity index (χ0v) is 14.8. The van der Waals surface area contributed by atoms with E-state index in [0.29, 0.717) is 23.3 Å². The molecular weight excluding hydrogens is 356 g/mol. The number of benzene rings is 2. The van der Waals surface area contributed by atoms with Crippen LogP contribution in [0, 0.1) is 10.1 Å². The highest BCUT2D eigenvalue weighted by Gasteiger charge is 2.14. The van der Waals surface area contributed by atoms with Crippen molar-refractivity contribution in [2.45, 2.75) is 5.16 Å². The van der Waals surface area contributed by atoms with Crippen molar-refractivity contribution < 1.29 is 14.4 Å². The summed E-state index contributed by atoms with van der Waals surface area (Å²) in [6.07, 6.45) is 1.61. The van der Waals surface area contributed by atoms with Gasteiger partial charge >= 0.3 is 5.69 Å². The largest absolute Gasteiger partial charge is 0.495 e. The third-order valence-electron chi connectivity index (χ3n) is 3.50. The molecule has 1 aromatic heterocycles. The van der Waals surface area contributed by atoms with Gasteiger partial charge in [-0.05, 0) is 18.2 Å². The molecule has 0 radical (unpaired) electrons. The fraction of sp³-hybridized carbons (Fsp3) is 0.176. The van der Waals surface area contributed by atoms with Crippen molar-refractivity contribution in [2.75, 3.05) is 19.5 Å². The summed E-state index contributed by atoms with van der Waals surface area (Å²) < 4.78 is 12.7. The molecule has 3 aromatic rings. The summed E-state index contributed by atoms with van der Waals surface area (Å²) in [7, 11) is 1.61. The molecule has 0 spiro atoms. The Bertz CT molecular complexity index is 900. The van der Waals surface area contributed by atoms with Crippen LogP contribution in [0.3, 0.4) is 0 Å². The number of aromatic nitrogens is 3. The lowest BCUT2D eigenvalue weighted by Gasteiger charge is -2.11. The first kappa shape index (κ1) is 17.7. The van der Waals surface area contributed by atoms with Gasteiger partial charge in [-0.3, -0.25) is 14.7 Å². The number of ether oxygens (including phenoxy) is 2. The van der Waals surface area contributed by atoms with Gasteiger partial charge in [0.1, 0.15) is 12.1 Å². The predicted molar refractivity (Wildman–Crippen MR) is 97.2 cm³/mol. The maximum Gasteiger partial charge on any atom is 0.310 e. The molecule has 134 valence electrons. The molecule has 9 heteroatoms. The Kier molecular flexibility index (Phi) is 5.69. The van der Waals surface area contributed by atoms with Crippen LogP contribution in [-0.4, -0.2) is 39.2 Å². The normalized spacial score (nSPS) is 10.5. The maximum atomic E-state index is 11.0. The van der Waals surface area contributed by atoms with Crippen LogP contribution in [0.1, 0.15) is 0 Å². The van der Waals surface area contributed by atoms with Crippen LogP contribution in [-0.2, 0) is 0 Å². The Hall–Kier alpha value is -3.07. The Labute approximate surface area is 153 Å². The molecule has 0 amide bonds. The van der Waals surface area contributed by atoms with Crippen LogP contribution < -0.4 is 9.47 Å². The molecule has 3 rings (SSSR count). The lowest BCUT2D eigenvalue weighted by Crippen LogP contribution is -2.04. The fourth-order valence-electron chi connectivity index (χ4n) is 2.33. The average Bonchev–Trinajstić information content (AvgIpc) is 3.13. The molecule has 0 fully saturated rings. The summed E-state index contributed by atoms with van der Waals surface area (Å²) in [4.78, 5) is 10.5. The van der Waals surface area contributed by atoms with Crippen molar-refractivity contribution in [2.24, 2.45) is 0 Å². The second kappa shape index (κ2) is 8.34. The summed E-state index contributed by atoms with van der Waals surface area (Å²) in [6, 6.07) is 13.9. The molecule has 0 saturated carbocycles. The summed E-state index contributed by atoms with van der Waals surface area (Å²) in [6.45, 7) is 0.300. The molecule has 0 atom stereocenters. The van der Waals surface area contributed by atoms with E-state index in [2.05, 4.69) is 10.2 Å². The van der Waals surface area contributed by atoms with Crippen molar-refractivity contribution >= 4 is 17.4 Å². The predicted octanol–water partition coefficient (Wildman–Crippen LogP) is 3.36. The number of nitrogens with zero attached hydrogens (tertiary/aromatic N) is 4. The van der Waals surface area contributed by atoms with Gasteiger partial charge in [-0.1, -0.05) is 36.0 Å². The van der Waals surface area contributed by atoms with Crippen molar-refractivity contribution in [3.8, 4) is 17.2 Å². The topological polar surface area (TPSA) is 92.3 Å². The SMILES string of the molecule is COc1ccccc1-n1cnnc1SCCOc1ccccc1[N+](=O)[O-]. The third-order valence-corrected chi connectivity index (χ3v) is 4.40. The number of methoxy groups -OCH3 is 1. The Morgan fingerprint density at radius 3 is 2.65 bits per heavy atom. The molecule has 0 aliphatic heterocycles. The smallest absolute Gasteiger partial charge is 0.310 e. The van der Waals surface area contributed by atoms with Gasteiger partial charge in [0.2, 0.25) is 0 Å². The Balaban J connectivity index is 1.64. The first-order valence-electron chi connectivity index (χ1n) is 7.73. The standard InChI is InChI=1S/C17H16N4O4S/c1-24-15-8-4-2-6-13(15)20-12-18-19-17(20)26-11-10-25-16-9-5-3-7-14(16)21(22)23/h2-9,12H,10-11H2,1H3. The molecule has 0 unspecified atom stereocenters.